The number of pyridine rings is 1. The Labute approximate surface area is 199 Å². The van der Waals surface area contributed by atoms with Gasteiger partial charge in [-0.1, -0.05) is 38.8 Å². The lowest BCUT2D eigenvalue weighted by molar-refractivity contribution is -0.137. The zero-order valence-corrected chi connectivity index (χ0v) is 20.2. The topological polar surface area (TPSA) is 62.6 Å². The van der Waals surface area contributed by atoms with Crippen LogP contribution in [0.4, 0.5) is 13.2 Å². The number of benzene rings is 1. The van der Waals surface area contributed by atoms with E-state index in [1.165, 1.54) is 12.1 Å². The van der Waals surface area contributed by atoms with Crippen molar-refractivity contribution >= 4 is 0 Å². The second-order valence-corrected chi connectivity index (χ2v) is 10.6. The lowest BCUT2D eigenvalue weighted by atomic mass is 9.70. The van der Waals surface area contributed by atoms with Crippen molar-refractivity contribution in [3.05, 3.63) is 63.5 Å². The second kappa shape index (κ2) is 9.25. The van der Waals surface area contributed by atoms with Gasteiger partial charge in [0, 0.05) is 23.9 Å². The van der Waals surface area contributed by atoms with E-state index < -0.39 is 30.1 Å². The zero-order chi connectivity index (χ0) is 24.8. The summed E-state index contributed by atoms with van der Waals surface area (Å²) >= 11 is 0. The number of halogens is 3. The molecule has 1 saturated carbocycles. The van der Waals surface area contributed by atoms with E-state index in [0.29, 0.717) is 29.7 Å². The molecule has 1 aromatic heterocycles. The largest absolute Gasteiger partial charge is 0.416 e. The van der Waals surface area contributed by atoms with Gasteiger partial charge >= 0.3 is 6.18 Å². The monoisotopic (exact) mass is 477 g/mol. The van der Waals surface area contributed by atoms with Gasteiger partial charge in [-0.2, -0.15) is 13.2 Å². The molecule has 186 valence electrons. The van der Waals surface area contributed by atoms with Crippen molar-refractivity contribution in [1.29, 1.82) is 0 Å². The van der Waals surface area contributed by atoms with Crippen molar-refractivity contribution < 1.29 is 28.1 Å². The molecule has 3 unspecified atom stereocenters. The minimum atomic E-state index is -4.45. The van der Waals surface area contributed by atoms with E-state index in [1.54, 1.807) is 7.11 Å². The molecule has 2 N–H and O–H groups in total. The first-order valence-corrected chi connectivity index (χ1v) is 12.1. The Morgan fingerprint density at radius 1 is 1.09 bits per heavy atom. The van der Waals surface area contributed by atoms with Gasteiger partial charge in [0.15, 0.2) is 0 Å². The number of fused-ring (bicyclic) bond motifs is 1. The number of hydrogen-bond donors (Lipinski definition) is 2. The van der Waals surface area contributed by atoms with E-state index in [4.69, 9.17) is 9.72 Å². The molecule has 34 heavy (non-hydrogen) atoms. The second-order valence-electron chi connectivity index (χ2n) is 10.6. The summed E-state index contributed by atoms with van der Waals surface area (Å²) in [7, 11) is 1.58. The average Bonchev–Trinajstić information content (AvgIpc) is 3.30. The van der Waals surface area contributed by atoms with Gasteiger partial charge in [0.1, 0.15) is 6.10 Å². The van der Waals surface area contributed by atoms with Crippen molar-refractivity contribution in [3.63, 3.8) is 0 Å². The molecule has 0 radical (unpaired) electrons. The first-order valence-electron chi connectivity index (χ1n) is 12.1. The third-order valence-electron chi connectivity index (χ3n) is 7.48. The molecule has 0 bridgehead atoms. The van der Waals surface area contributed by atoms with E-state index in [0.717, 1.165) is 54.6 Å². The molecular formula is C27H34F3NO3. The highest BCUT2D eigenvalue weighted by Gasteiger charge is 2.40. The maximum absolute atomic E-state index is 13.1. The summed E-state index contributed by atoms with van der Waals surface area (Å²) in [5, 5.41) is 22.8. The predicted octanol–water partition coefficient (Wildman–Crippen LogP) is 6.55. The van der Waals surface area contributed by atoms with E-state index in [2.05, 4.69) is 13.8 Å². The molecule has 0 saturated heterocycles. The summed E-state index contributed by atoms with van der Waals surface area (Å²) in [4.78, 5) is 4.94. The number of aliphatic hydroxyl groups is 2. The summed E-state index contributed by atoms with van der Waals surface area (Å²) in [5.74, 6) is 0.162. The normalized spacial score (nSPS) is 22.4. The number of nitrogens with zero attached hydrogens (tertiary/aromatic N) is 1. The van der Waals surface area contributed by atoms with Crippen LogP contribution in [0.5, 0.6) is 0 Å². The predicted molar refractivity (Wildman–Crippen MR) is 123 cm³/mol. The SMILES string of the molecule is COC(C)c1nc2c(c(C3CCCC3)c1C(O)c1ccc(C(F)(F)F)cc1)C(O)CC(C)(C)C2. The standard InChI is InChI=1S/C27H34F3NO3/c1-15(34-4)24-23(25(33)17-9-11-18(12-10-17)27(28,29)30)21(16-7-5-6-8-16)22-19(31-24)13-26(2,3)14-20(22)32/h9-12,15-16,20,25,32-33H,5-8,13-14H2,1-4H3. The fraction of sp³-hybridized carbons (Fsp3) is 0.593. The Morgan fingerprint density at radius 2 is 1.71 bits per heavy atom. The van der Waals surface area contributed by atoms with Gasteiger partial charge in [0.25, 0.3) is 0 Å². The van der Waals surface area contributed by atoms with Gasteiger partial charge in [0.05, 0.1) is 23.5 Å². The molecule has 2 aliphatic rings. The van der Waals surface area contributed by atoms with Gasteiger partial charge < -0.3 is 14.9 Å². The first kappa shape index (κ1) is 25.1. The lowest BCUT2D eigenvalue weighted by Gasteiger charge is -2.38. The van der Waals surface area contributed by atoms with Crippen molar-refractivity contribution in [2.24, 2.45) is 5.41 Å². The molecule has 2 aliphatic carbocycles. The van der Waals surface area contributed by atoms with Gasteiger partial charge in [-0.25, -0.2) is 0 Å². The van der Waals surface area contributed by atoms with E-state index in [9.17, 15) is 23.4 Å². The van der Waals surface area contributed by atoms with Gasteiger partial charge in [-0.05, 0) is 67.2 Å². The van der Waals surface area contributed by atoms with Crippen LogP contribution in [0.2, 0.25) is 0 Å². The molecule has 2 aromatic rings. The minimum Gasteiger partial charge on any atom is -0.388 e. The quantitative estimate of drug-likeness (QED) is 0.512. The van der Waals surface area contributed by atoms with Crippen LogP contribution in [0, 0.1) is 5.41 Å². The Bertz CT molecular complexity index is 1030. The number of hydrogen-bond acceptors (Lipinski definition) is 4. The molecule has 0 spiro atoms. The van der Waals surface area contributed by atoms with Crippen LogP contribution >= 0.6 is 0 Å². The summed E-state index contributed by atoms with van der Waals surface area (Å²) in [6.45, 7) is 6.08. The highest BCUT2D eigenvalue weighted by molar-refractivity contribution is 5.50. The highest BCUT2D eigenvalue weighted by atomic mass is 19.4. The number of methoxy groups -OCH3 is 1. The van der Waals surface area contributed by atoms with Crippen LogP contribution < -0.4 is 0 Å². The van der Waals surface area contributed by atoms with Crippen LogP contribution in [0.25, 0.3) is 0 Å². The average molecular weight is 478 g/mol. The number of alkyl halides is 3. The number of aromatic nitrogens is 1. The Morgan fingerprint density at radius 3 is 2.26 bits per heavy atom. The molecule has 0 amide bonds. The zero-order valence-electron chi connectivity index (χ0n) is 20.2. The van der Waals surface area contributed by atoms with Crippen LogP contribution in [0.3, 0.4) is 0 Å². The lowest BCUT2D eigenvalue weighted by Crippen LogP contribution is -2.30. The van der Waals surface area contributed by atoms with Crippen LogP contribution in [-0.4, -0.2) is 22.3 Å². The first-order chi connectivity index (χ1) is 15.9. The third-order valence-corrected chi connectivity index (χ3v) is 7.48. The molecule has 4 nitrogen and oxygen atoms in total. The maximum atomic E-state index is 13.1. The molecule has 3 atom stereocenters. The molecule has 4 rings (SSSR count). The van der Waals surface area contributed by atoms with Gasteiger partial charge in [0.2, 0.25) is 0 Å². The fourth-order valence-electron chi connectivity index (χ4n) is 5.75. The van der Waals surface area contributed by atoms with Crippen molar-refractivity contribution in [1.82, 2.24) is 4.98 Å². The van der Waals surface area contributed by atoms with Crippen LogP contribution in [0.15, 0.2) is 24.3 Å². The minimum absolute atomic E-state index is 0.118. The Hall–Kier alpha value is -1.96. The molecule has 1 heterocycles. The summed E-state index contributed by atoms with van der Waals surface area (Å²) in [6.07, 6.45) is -1.43. The molecule has 1 aromatic carbocycles. The van der Waals surface area contributed by atoms with Crippen molar-refractivity contribution in [2.45, 2.75) is 89.7 Å². The molecular weight excluding hydrogens is 443 g/mol. The molecule has 0 aliphatic heterocycles. The summed E-state index contributed by atoms with van der Waals surface area (Å²) in [5.41, 5.74) is 3.24. The van der Waals surface area contributed by atoms with E-state index >= 15 is 0 Å². The third kappa shape index (κ3) is 4.75. The summed E-state index contributed by atoms with van der Waals surface area (Å²) < 4.78 is 44.9. The Balaban J connectivity index is 1.93. The van der Waals surface area contributed by atoms with Crippen molar-refractivity contribution in [2.75, 3.05) is 7.11 Å². The van der Waals surface area contributed by atoms with Gasteiger partial charge in [-0.3, -0.25) is 4.98 Å². The van der Waals surface area contributed by atoms with Crippen LogP contribution in [-0.2, 0) is 17.3 Å². The van der Waals surface area contributed by atoms with Crippen molar-refractivity contribution in [3.8, 4) is 0 Å². The van der Waals surface area contributed by atoms with Gasteiger partial charge in [-0.15, -0.1) is 0 Å². The molecule has 7 heteroatoms. The summed E-state index contributed by atoms with van der Waals surface area (Å²) in [6, 6.07) is 4.64. The van der Waals surface area contributed by atoms with E-state index in [1.807, 2.05) is 6.92 Å². The number of rotatable bonds is 5. The van der Waals surface area contributed by atoms with Crippen LogP contribution in [0.1, 0.15) is 116 Å². The number of ether oxygens (including phenoxy) is 1. The highest BCUT2D eigenvalue weighted by Crippen LogP contribution is 2.50. The smallest absolute Gasteiger partial charge is 0.388 e. The molecule has 1 fully saturated rings. The van der Waals surface area contributed by atoms with E-state index in [-0.39, 0.29) is 11.3 Å². The number of aliphatic hydroxyl groups excluding tert-OH is 2. The maximum Gasteiger partial charge on any atom is 0.416 e. The Kier molecular flexibility index (Phi) is 6.84. The fourth-order valence-corrected chi connectivity index (χ4v) is 5.75.